The topological polar surface area (TPSA) is 56.7 Å². The fourth-order valence-electron chi connectivity index (χ4n) is 4.24. The van der Waals surface area contributed by atoms with Crippen LogP contribution in [0.2, 0.25) is 0 Å². The van der Waals surface area contributed by atoms with Crippen LogP contribution in [-0.2, 0) is 26.1 Å². The lowest BCUT2D eigenvalue weighted by Crippen LogP contribution is -2.40. The molecule has 2 aromatic carbocycles. The molecule has 0 fully saturated rings. The van der Waals surface area contributed by atoms with Gasteiger partial charge in [-0.05, 0) is 43.0 Å². The summed E-state index contributed by atoms with van der Waals surface area (Å²) in [7, 11) is 0. The lowest BCUT2D eigenvalue weighted by Gasteiger charge is -2.33. The maximum Gasteiger partial charge on any atom is 0.407 e. The lowest BCUT2D eigenvalue weighted by atomic mass is 10.0. The minimum atomic E-state index is -0.881. The predicted octanol–water partition coefficient (Wildman–Crippen LogP) is 6.70. The second-order valence-corrected chi connectivity index (χ2v) is 11.1. The molecule has 0 spiro atoms. The number of thiazole rings is 1. The van der Waals surface area contributed by atoms with Crippen molar-refractivity contribution in [3.8, 4) is 0 Å². The molecule has 0 saturated heterocycles. The third-order valence-electron chi connectivity index (χ3n) is 6.04. The SMILES string of the molecule is Cc1ccc(CN(Cc2ccccc2)C(CCN(Cc2ccccc2)C(=O)O)Cc2cncs2)s1. The van der Waals surface area contributed by atoms with Gasteiger partial charge in [-0.2, -0.15) is 0 Å². The highest BCUT2D eigenvalue weighted by atomic mass is 32.1. The molecule has 4 rings (SSSR count). The molecule has 0 radical (unpaired) electrons. The van der Waals surface area contributed by atoms with E-state index in [4.69, 9.17) is 0 Å². The first-order valence-electron chi connectivity index (χ1n) is 11.8. The van der Waals surface area contributed by atoms with Gasteiger partial charge < -0.3 is 10.0 Å². The highest BCUT2D eigenvalue weighted by Crippen LogP contribution is 2.24. The van der Waals surface area contributed by atoms with Gasteiger partial charge >= 0.3 is 6.09 Å². The Labute approximate surface area is 215 Å². The molecule has 1 atom stereocenters. The van der Waals surface area contributed by atoms with E-state index in [0.717, 1.165) is 31.5 Å². The molecule has 35 heavy (non-hydrogen) atoms. The van der Waals surface area contributed by atoms with Gasteiger partial charge in [0.1, 0.15) is 0 Å². The lowest BCUT2D eigenvalue weighted by molar-refractivity contribution is 0.123. The van der Waals surface area contributed by atoms with E-state index in [1.54, 1.807) is 11.3 Å². The molecule has 4 aromatic rings. The molecule has 5 nitrogen and oxygen atoms in total. The summed E-state index contributed by atoms with van der Waals surface area (Å²) in [5.74, 6) is 0. The Bertz CT molecular complexity index is 1160. The van der Waals surface area contributed by atoms with Crippen molar-refractivity contribution in [3.05, 3.63) is 110 Å². The number of benzene rings is 2. The largest absolute Gasteiger partial charge is 0.465 e. The minimum Gasteiger partial charge on any atom is -0.465 e. The maximum atomic E-state index is 12.1. The Morgan fingerprint density at radius 2 is 1.60 bits per heavy atom. The van der Waals surface area contributed by atoms with E-state index < -0.39 is 6.09 Å². The predicted molar refractivity (Wildman–Crippen MR) is 144 cm³/mol. The molecule has 0 saturated carbocycles. The van der Waals surface area contributed by atoms with Crippen molar-refractivity contribution in [1.29, 1.82) is 0 Å². The molecular formula is C28H31N3O2S2. The van der Waals surface area contributed by atoms with Crippen LogP contribution in [-0.4, -0.2) is 38.6 Å². The fraction of sp³-hybridized carbons (Fsp3) is 0.286. The summed E-state index contributed by atoms with van der Waals surface area (Å²) >= 11 is 3.49. The first kappa shape index (κ1) is 25.1. The zero-order chi connectivity index (χ0) is 24.5. The highest BCUT2D eigenvalue weighted by Gasteiger charge is 2.23. The van der Waals surface area contributed by atoms with E-state index in [9.17, 15) is 9.90 Å². The van der Waals surface area contributed by atoms with Gasteiger partial charge in [-0.15, -0.1) is 22.7 Å². The van der Waals surface area contributed by atoms with Crippen molar-refractivity contribution in [2.45, 2.75) is 45.4 Å². The van der Waals surface area contributed by atoms with Crippen LogP contribution in [0.25, 0.3) is 0 Å². The van der Waals surface area contributed by atoms with Crippen molar-refractivity contribution >= 4 is 28.8 Å². The summed E-state index contributed by atoms with van der Waals surface area (Å²) in [5.41, 5.74) is 4.13. The maximum absolute atomic E-state index is 12.1. The van der Waals surface area contributed by atoms with Crippen LogP contribution >= 0.6 is 22.7 Å². The fourth-order valence-corrected chi connectivity index (χ4v) is 5.83. The number of rotatable bonds is 12. The van der Waals surface area contributed by atoms with Gasteiger partial charge in [0, 0.05) is 53.0 Å². The Kier molecular flexibility index (Phi) is 9.06. The second kappa shape index (κ2) is 12.6. The Balaban J connectivity index is 1.56. The van der Waals surface area contributed by atoms with Gasteiger partial charge in [0.2, 0.25) is 0 Å². The van der Waals surface area contributed by atoms with Crippen LogP contribution in [0.3, 0.4) is 0 Å². The smallest absolute Gasteiger partial charge is 0.407 e. The first-order chi connectivity index (χ1) is 17.1. The number of aryl methyl sites for hydroxylation is 1. The summed E-state index contributed by atoms with van der Waals surface area (Å²) in [6.45, 7) is 4.66. The molecule has 182 valence electrons. The van der Waals surface area contributed by atoms with Crippen LogP contribution in [0.15, 0.2) is 84.5 Å². The van der Waals surface area contributed by atoms with Gasteiger partial charge in [-0.1, -0.05) is 60.7 Å². The zero-order valence-corrected chi connectivity index (χ0v) is 21.5. The number of carbonyl (C=O) groups is 1. The first-order valence-corrected chi connectivity index (χ1v) is 13.5. The third kappa shape index (κ3) is 7.75. The van der Waals surface area contributed by atoms with Crippen molar-refractivity contribution < 1.29 is 9.90 Å². The second-order valence-electron chi connectivity index (χ2n) is 8.71. The summed E-state index contributed by atoms with van der Waals surface area (Å²) in [5, 5.41) is 9.92. The van der Waals surface area contributed by atoms with Crippen molar-refractivity contribution in [2.24, 2.45) is 0 Å². The van der Waals surface area contributed by atoms with Crippen LogP contribution in [0, 0.1) is 6.92 Å². The van der Waals surface area contributed by atoms with Crippen LogP contribution < -0.4 is 0 Å². The van der Waals surface area contributed by atoms with E-state index in [1.165, 1.54) is 25.1 Å². The number of hydrogen-bond donors (Lipinski definition) is 1. The van der Waals surface area contributed by atoms with E-state index >= 15 is 0 Å². The average Bonchev–Trinajstić information content (AvgIpc) is 3.53. The number of amides is 1. The number of hydrogen-bond acceptors (Lipinski definition) is 5. The molecule has 0 bridgehead atoms. The van der Waals surface area contributed by atoms with Crippen molar-refractivity contribution in [2.75, 3.05) is 6.54 Å². The van der Waals surface area contributed by atoms with E-state index in [1.807, 2.05) is 59.4 Å². The Morgan fingerprint density at radius 3 is 2.17 bits per heavy atom. The van der Waals surface area contributed by atoms with Crippen molar-refractivity contribution in [1.82, 2.24) is 14.8 Å². The summed E-state index contributed by atoms with van der Waals surface area (Å²) < 4.78 is 0. The van der Waals surface area contributed by atoms with Crippen LogP contribution in [0.5, 0.6) is 0 Å². The molecule has 0 aliphatic carbocycles. The molecule has 0 aliphatic rings. The number of thiophene rings is 1. The average molecular weight is 506 g/mol. The van der Waals surface area contributed by atoms with E-state index in [2.05, 4.69) is 53.2 Å². The molecule has 0 aliphatic heterocycles. The van der Waals surface area contributed by atoms with Gasteiger partial charge in [-0.25, -0.2) is 4.79 Å². The number of aromatic nitrogens is 1. The van der Waals surface area contributed by atoms with E-state index in [-0.39, 0.29) is 6.04 Å². The number of nitrogens with zero attached hydrogens (tertiary/aromatic N) is 3. The summed E-state index contributed by atoms with van der Waals surface area (Å²) in [6.07, 6.45) is 2.65. The van der Waals surface area contributed by atoms with Gasteiger partial charge in [-0.3, -0.25) is 9.88 Å². The quantitative estimate of drug-likeness (QED) is 0.233. The molecule has 1 N–H and O–H groups in total. The monoisotopic (exact) mass is 505 g/mol. The Morgan fingerprint density at radius 1 is 0.914 bits per heavy atom. The van der Waals surface area contributed by atoms with Crippen LogP contribution in [0.4, 0.5) is 4.79 Å². The van der Waals surface area contributed by atoms with Gasteiger partial charge in [0.25, 0.3) is 0 Å². The van der Waals surface area contributed by atoms with Gasteiger partial charge in [0.15, 0.2) is 0 Å². The summed E-state index contributed by atoms with van der Waals surface area (Å²) in [6, 6.07) is 24.9. The minimum absolute atomic E-state index is 0.177. The van der Waals surface area contributed by atoms with Crippen molar-refractivity contribution in [3.63, 3.8) is 0 Å². The molecular weight excluding hydrogens is 474 g/mol. The number of carboxylic acid groups (broad SMARTS) is 1. The highest BCUT2D eigenvalue weighted by molar-refractivity contribution is 7.11. The normalized spacial score (nSPS) is 12.1. The van der Waals surface area contributed by atoms with Crippen LogP contribution in [0.1, 0.15) is 32.2 Å². The summed E-state index contributed by atoms with van der Waals surface area (Å²) in [4.78, 5) is 24.3. The standard InChI is InChI=1S/C28H31N3O2S2/c1-22-12-13-26(35-22)20-31(19-24-10-6-3-7-11-24)25(16-27-17-29-21-34-27)14-15-30(28(32)33)18-23-8-4-2-5-9-23/h2-13,17,21,25H,14-16,18-20H2,1H3,(H,32,33). The molecule has 7 heteroatoms. The molecule has 2 aromatic heterocycles. The van der Waals surface area contributed by atoms with Gasteiger partial charge in [0.05, 0.1) is 5.51 Å². The molecule has 1 amide bonds. The molecule has 2 heterocycles. The van der Waals surface area contributed by atoms with E-state index in [0.29, 0.717) is 13.1 Å². The zero-order valence-electron chi connectivity index (χ0n) is 19.9. The Hall–Kier alpha value is -3.00. The third-order valence-corrected chi connectivity index (χ3v) is 7.83. The molecule has 1 unspecified atom stereocenters.